The second kappa shape index (κ2) is 5.54. The molecule has 98 valence electrons. The molecule has 0 bridgehead atoms. The van der Waals surface area contributed by atoms with E-state index in [1.165, 1.54) is 6.07 Å². The van der Waals surface area contributed by atoms with Crippen molar-refractivity contribution < 1.29 is 8.42 Å². The van der Waals surface area contributed by atoms with Crippen LogP contribution < -0.4 is 10.5 Å². The van der Waals surface area contributed by atoms with Crippen LogP contribution in [0.1, 0.15) is 19.3 Å². The van der Waals surface area contributed by atoms with E-state index in [0.717, 1.165) is 19.3 Å². The Labute approximate surface area is 108 Å². The molecule has 0 amide bonds. The van der Waals surface area contributed by atoms with E-state index in [1.54, 1.807) is 18.2 Å². The molecule has 0 aromatic heterocycles. The Morgan fingerprint density at radius 2 is 2.06 bits per heavy atom. The van der Waals surface area contributed by atoms with Crippen molar-refractivity contribution in [3.05, 3.63) is 36.4 Å². The summed E-state index contributed by atoms with van der Waals surface area (Å²) in [4.78, 5) is 0.163. The molecule has 0 saturated heterocycles. The molecule has 5 heteroatoms. The lowest BCUT2D eigenvalue weighted by atomic mass is 9.95. The zero-order valence-corrected chi connectivity index (χ0v) is 11.0. The molecule has 0 saturated carbocycles. The van der Waals surface area contributed by atoms with Crippen LogP contribution in [0.4, 0.5) is 5.69 Å². The molecule has 18 heavy (non-hydrogen) atoms. The third kappa shape index (κ3) is 3.11. The van der Waals surface area contributed by atoms with E-state index in [9.17, 15) is 8.42 Å². The van der Waals surface area contributed by atoms with Gasteiger partial charge in [0, 0.05) is 6.54 Å². The molecule has 1 aliphatic carbocycles. The van der Waals surface area contributed by atoms with E-state index in [4.69, 9.17) is 5.73 Å². The number of para-hydroxylation sites is 1. The highest BCUT2D eigenvalue weighted by Crippen LogP contribution is 2.20. The second-order valence-electron chi connectivity index (χ2n) is 4.54. The number of rotatable bonds is 4. The molecule has 1 aromatic carbocycles. The number of sulfonamides is 1. The first-order chi connectivity index (χ1) is 8.59. The summed E-state index contributed by atoms with van der Waals surface area (Å²) in [6.07, 6.45) is 7.25. The van der Waals surface area contributed by atoms with Gasteiger partial charge in [0.25, 0.3) is 0 Å². The van der Waals surface area contributed by atoms with Crippen LogP contribution in [0.2, 0.25) is 0 Å². The monoisotopic (exact) mass is 266 g/mol. The van der Waals surface area contributed by atoms with Crippen molar-refractivity contribution in [1.82, 2.24) is 4.72 Å². The normalized spacial score (nSPS) is 19.9. The van der Waals surface area contributed by atoms with Crippen LogP contribution in [0.25, 0.3) is 0 Å². The average molecular weight is 266 g/mol. The van der Waals surface area contributed by atoms with Gasteiger partial charge in [0.1, 0.15) is 4.90 Å². The zero-order chi connectivity index (χ0) is 13.0. The fourth-order valence-electron chi connectivity index (χ4n) is 2.07. The van der Waals surface area contributed by atoms with Crippen molar-refractivity contribution >= 4 is 15.7 Å². The van der Waals surface area contributed by atoms with Crippen LogP contribution in [0.15, 0.2) is 41.3 Å². The number of anilines is 1. The van der Waals surface area contributed by atoms with Gasteiger partial charge in [-0.25, -0.2) is 13.1 Å². The zero-order valence-electron chi connectivity index (χ0n) is 10.2. The lowest BCUT2D eigenvalue weighted by molar-refractivity contribution is 0.468. The predicted octanol–water partition coefficient (Wildman–Crippen LogP) is 1.90. The maximum absolute atomic E-state index is 12.1. The van der Waals surface area contributed by atoms with Gasteiger partial charge in [0.2, 0.25) is 10.0 Å². The van der Waals surface area contributed by atoms with Crippen LogP contribution in [-0.4, -0.2) is 15.0 Å². The highest BCUT2D eigenvalue weighted by molar-refractivity contribution is 7.89. The van der Waals surface area contributed by atoms with Crippen LogP contribution in [0.3, 0.4) is 0 Å². The van der Waals surface area contributed by atoms with E-state index in [-0.39, 0.29) is 10.6 Å². The summed E-state index contributed by atoms with van der Waals surface area (Å²) in [6.45, 7) is 0.473. The SMILES string of the molecule is Nc1ccccc1S(=O)(=O)NCC1CC=CCC1. The smallest absolute Gasteiger partial charge is 0.242 e. The first kappa shape index (κ1) is 13.1. The first-order valence-electron chi connectivity index (χ1n) is 6.09. The minimum atomic E-state index is -3.49. The predicted molar refractivity (Wildman–Crippen MR) is 72.5 cm³/mol. The molecule has 4 nitrogen and oxygen atoms in total. The van der Waals surface area contributed by atoms with Gasteiger partial charge in [0.05, 0.1) is 5.69 Å². The van der Waals surface area contributed by atoms with Gasteiger partial charge in [-0.3, -0.25) is 0 Å². The third-order valence-corrected chi connectivity index (χ3v) is 4.65. The standard InChI is InChI=1S/C13H18N2O2S/c14-12-8-4-5-9-13(12)18(16,17)15-10-11-6-2-1-3-7-11/h1-2,4-5,8-9,11,15H,3,6-7,10,14H2. The molecule has 3 N–H and O–H groups in total. The molecule has 0 spiro atoms. The Morgan fingerprint density at radius 3 is 2.72 bits per heavy atom. The Kier molecular flexibility index (Phi) is 4.04. The summed E-state index contributed by atoms with van der Waals surface area (Å²) in [5.74, 6) is 0.384. The Hall–Kier alpha value is -1.33. The van der Waals surface area contributed by atoms with Crippen molar-refractivity contribution in [3.8, 4) is 0 Å². The quantitative estimate of drug-likeness (QED) is 0.646. The minimum absolute atomic E-state index is 0.163. The molecular formula is C13H18N2O2S. The minimum Gasteiger partial charge on any atom is -0.398 e. The Bertz CT molecular complexity index is 538. The highest BCUT2D eigenvalue weighted by Gasteiger charge is 2.19. The van der Waals surface area contributed by atoms with Crippen molar-refractivity contribution in [2.75, 3.05) is 12.3 Å². The fourth-order valence-corrected chi connectivity index (χ4v) is 3.32. The molecule has 0 aliphatic heterocycles. The van der Waals surface area contributed by atoms with E-state index < -0.39 is 10.0 Å². The molecule has 1 aliphatic rings. The van der Waals surface area contributed by atoms with Crippen molar-refractivity contribution in [2.24, 2.45) is 5.92 Å². The van der Waals surface area contributed by atoms with Gasteiger partial charge in [-0.15, -0.1) is 0 Å². The van der Waals surface area contributed by atoms with Gasteiger partial charge in [-0.1, -0.05) is 24.3 Å². The largest absolute Gasteiger partial charge is 0.398 e. The van der Waals surface area contributed by atoms with Gasteiger partial charge in [-0.2, -0.15) is 0 Å². The van der Waals surface area contributed by atoms with Crippen molar-refractivity contribution in [3.63, 3.8) is 0 Å². The topological polar surface area (TPSA) is 72.2 Å². The molecule has 2 rings (SSSR count). The van der Waals surface area contributed by atoms with Gasteiger partial charge in [-0.05, 0) is 37.3 Å². The average Bonchev–Trinajstić information content (AvgIpc) is 2.38. The molecule has 0 heterocycles. The van der Waals surface area contributed by atoms with Gasteiger partial charge < -0.3 is 5.73 Å². The van der Waals surface area contributed by atoms with Gasteiger partial charge >= 0.3 is 0 Å². The number of hydrogen-bond donors (Lipinski definition) is 2. The van der Waals surface area contributed by atoms with E-state index in [2.05, 4.69) is 16.9 Å². The Balaban J connectivity index is 2.04. The van der Waals surface area contributed by atoms with Crippen LogP contribution >= 0.6 is 0 Å². The number of benzene rings is 1. The van der Waals surface area contributed by atoms with Crippen LogP contribution in [0.5, 0.6) is 0 Å². The number of nitrogens with two attached hydrogens (primary N) is 1. The lowest BCUT2D eigenvalue weighted by Crippen LogP contribution is -2.30. The molecule has 1 atom stereocenters. The first-order valence-corrected chi connectivity index (χ1v) is 7.57. The summed E-state index contributed by atoms with van der Waals surface area (Å²) in [7, 11) is -3.49. The maximum atomic E-state index is 12.1. The number of nitrogens with one attached hydrogen (secondary N) is 1. The number of nitrogen functional groups attached to an aromatic ring is 1. The van der Waals surface area contributed by atoms with Crippen molar-refractivity contribution in [1.29, 1.82) is 0 Å². The van der Waals surface area contributed by atoms with Gasteiger partial charge in [0.15, 0.2) is 0 Å². The summed E-state index contributed by atoms with van der Waals surface area (Å²) in [5.41, 5.74) is 5.97. The summed E-state index contributed by atoms with van der Waals surface area (Å²) in [5, 5.41) is 0. The molecule has 0 radical (unpaired) electrons. The third-order valence-electron chi connectivity index (χ3n) is 3.15. The lowest BCUT2D eigenvalue weighted by Gasteiger charge is -2.18. The maximum Gasteiger partial charge on any atom is 0.242 e. The summed E-state index contributed by atoms with van der Waals surface area (Å²) in [6, 6.07) is 6.52. The van der Waals surface area contributed by atoms with Crippen molar-refractivity contribution in [2.45, 2.75) is 24.2 Å². The van der Waals surface area contributed by atoms with Crippen LogP contribution in [-0.2, 0) is 10.0 Å². The molecule has 0 fully saturated rings. The fraction of sp³-hybridized carbons (Fsp3) is 0.385. The molecule has 1 aromatic rings. The summed E-state index contributed by atoms with van der Waals surface area (Å²) >= 11 is 0. The number of hydrogen-bond acceptors (Lipinski definition) is 3. The summed E-state index contributed by atoms with van der Waals surface area (Å²) < 4.78 is 26.8. The molecular weight excluding hydrogens is 248 g/mol. The molecule has 1 unspecified atom stereocenters. The highest BCUT2D eigenvalue weighted by atomic mass is 32.2. The van der Waals surface area contributed by atoms with E-state index in [1.807, 2.05) is 0 Å². The second-order valence-corrected chi connectivity index (χ2v) is 6.28. The Morgan fingerprint density at radius 1 is 1.28 bits per heavy atom. The number of allylic oxidation sites excluding steroid dienone is 2. The van der Waals surface area contributed by atoms with E-state index >= 15 is 0 Å². The van der Waals surface area contributed by atoms with E-state index in [0.29, 0.717) is 12.5 Å². The van der Waals surface area contributed by atoms with Crippen LogP contribution in [0, 0.1) is 5.92 Å².